The summed E-state index contributed by atoms with van der Waals surface area (Å²) < 4.78 is 2.54. The zero-order valence-corrected chi connectivity index (χ0v) is 23.8. The fourth-order valence-electron chi connectivity index (χ4n) is 6.25. The molecule has 0 atom stereocenters. The van der Waals surface area contributed by atoms with E-state index in [1.54, 1.807) is 0 Å². The monoisotopic (exact) mass is 565 g/mol. The van der Waals surface area contributed by atoms with Crippen LogP contribution < -0.4 is 0 Å². The van der Waals surface area contributed by atoms with E-state index in [1.807, 2.05) is 29.5 Å². The molecule has 0 unspecified atom stereocenters. The van der Waals surface area contributed by atoms with Crippen LogP contribution in [0, 0.1) is 0 Å². The van der Waals surface area contributed by atoms with Gasteiger partial charge in [-0.1, -0.05) is 109 Å². The highest BCUT2D eigenvalue weighted by Crippen LogP contribution is 2.39. The van der Waals surface area contributed by atoms with Crippen LogP contribution in [0.5, 0.6) is 0 Å². The number of rotatable bonds is 3. The third kappa shape index (κ3) is 3.92. The van der Waals surface area contributed by atoms with Crippen LogP contribution in [-0.2, 0) is 0 Å². The lowest BCUT2D eigenvalue weighted by Crippen LogP contribution is -2.00. The molecule has 0 N–H and O–H groups in total. The van der Waals surface area contributed by atoms with Gasteiger partial charge < -0.3 is 0 Å². The van der Waals surface area contributed by atoms with Crippen LogP contribution in [0.15, 0.2) is 140 Å². The number of hydrogen-bond acceptors (Lipinski definition) is 4. The van der Waals surface area contributed by atoms with Crippen LogP contribution in [0.25, 0.3) is 86.7 Å². The second-order valence-corrected chi connectivity index (χ2v) is 11.9. The summed E-state index contributed by atoms with van der Waals surface area (Å²) in [5.41, 5.74) is 2.94. The SMILES string of the molecule is c1ccc(-c2nc(-c3ccc4sc5ccccc5c4c3)nc(-c3cc4c5ccccc5ccc4c4ccccc34)n2)cc1. The molecule has 9 aromatic rings. The highest BCUT2D eigenvalue weighted by molar-refractivity contribution is 7.25. The predicted molar refractivity (Wildman–Crippen MR) is 182 cm³/mol. The summed E-state index contributed by atoms with van der Waals surface area (Å²) in [7, 11) is 0. The van der Waals surface area contributed by atoms with Gasteiger partial charge in [-0.15, -0.1) is 11.3 Å². The molecule has 43 heavy (non-hydrogen) atoms. The molecule has 3 nitrogen and oxygen atoms in total. The minimum atomic E-state index is 0.665. The number of hydrogen-bond donors (Lipinski definition) is 0. The normalized spacial score (nSPS) is 11.7. The van der Waals surface area contributed by atoms with Crippen LogP contribution >= 0.6 is 11.3 Å². The van der Waals surface area contributed by atoms with Crippen LogP contribution in [-0.4, -0.2) is 15.0 Å². The minimum Gasteiger partial charge on any atom is -0.208 e. The zero-order valence-electron chi connectivity index (χ0n) is 23.0. The van der Waals surface area contributed by atoms with Gasteiger partial charge in [0.1, 0.15) is 0 Å². The first kappa shape index (κ1) is 24.2. The highest BCUT2D eigenvalue weighted by Gasteiger charge is 2.17. The van der Waals surface area contributed by atoms with Crippen LogP contribution in [0.1, 0.15) is 0 Å². The van der Waals surface area contributed by atoms with Crippen molar-refractivity contribution in [2.24, 2.45) is 0 Å². The lowest BCUT2D eigenvalue weighted by molar-refractivity contribution is 1.08. The number of aromatic nitrogens is 3. The molecule has 9 rings (SSSR count). The molecule has 0 bridgehead atoms. The molecule has 2 heterocycles. The first-order chi connectivity index (χ1) is 21.3. The average Bonchev–Trinajstić information content (AvgIpc) is 3.46. The maximum absolute atomic E-state index is 5.19. The van der Waals surface area contributed by atoms with Crippen molar-refractivity contribution < 1.29 is 0 Å². The van der Waals surface area contributed by atoms with Crippen molar-refractivity contribution in [3.05, 3.63) is 140 Å². The van der Waals surface area contributed by atoms with Crippen LogP contribution in [0.2, 0.25) is 0 Å². The molecule has 2 aromatic heterocycles. The molecule has 0 fully saturated rings. The zero-order chi connectivity index (χ0) is 28.3. The van der Waals surface area contributed by atoms with Crippen molar-refractivity contribution in [2.75, 3.05) is 0 Å². The number of nitrogens with zero attached hydrogens (tertiary/aromatic N) is 3. The summed E-state index contributed by atoms with van der Waals surface area (Å²) in [6.07, 6.45) is 0. The molecular formula is C39H23N3S. The van der Waals surface area contributed by atoms with E-state index in [4.69, 9.17) is 15.0 Å². The van der Waals surface area contributed by atoms with E-state index in [2.05, 4.69) is 121 Å². The van der Waals surface area contributed by atoms with E-state index in [-0.39, 0.29) is 0 Å². The molecule has 0 radical (unpaired) electrons. The summed E-state index contributed by atoms with van der Waals surface area (Å²) >= 11 is 1.82. The van der Waals surface area contributed by atoms with Crippen molar-refractivity contribution in [3.63, 3.8) is 0 Å². The van der Waals surface area contributed by atoms with E-state index < -0.39 is 0 Å². The molecule has 0 aliphatic heterocycles. The van der Waals surface area contributed by atoms with Gasteiger partial charge >= 0.3 is 0 Å². The van der Waals surface area contributed by atoms with Crippen LogP contribution in [0.3, 0.4) is 0 Å². The molecule has 0 saturated carbocycles. The van der Waals surface area contributed by atoms with E-state index >= 15 is 0 Å². The Morgan fingerprint density at radius 3 is 1.84 bits per heavy atom. The highest BCUT2D eigenvalue weighted by atomic mass is 32.1. The standard InChI is InChI=1S/C39H23N3S/c1-2-11-25(12-3-1)37-40-38(26-19-21-36-33(22-26)31-16-8-9-17-35(31)43-36)42-39(41-37)34-23-32-27-13-5-4-10-24(27)18-20-30(32)28-14-6-7-15-29(28)34/h1-23H. The molecule has 0 saturated heterocycles. The Balaban J connectivity index is 1.35. The maximum Gasteiger partial charge on any atom is 0.164 e. The van der Waals surface area contributed by atoms with Crippen molar-refractivity contribution in [3.8, 4) is 34.2 Å². The Morgan fingerprint density at radius 2 is 0.977 bits per heavy atom. The first-order valence-electron chi connectivity index (χ1n) is 14.4. The fraction of sp³-hybridized carbons (Fsp3) is 0. The fourth-order valence-corrected chi connectivity index (χ4v) is 7.34. The average molecular weight is 566 g/mol. The second kappa shape index (κ2) is 9.55. The van der Waals surface area contributed by atoms with E-state index in [1.165, 1.54) is 47.1 Å². The van der Waals surface area contributed by atoms with Gasteiger partial charge in [0.15, 0.2) is 17.5 Å². The summed E-state index contributed by atoms with van der Waals surface area (Å²) in [6.45, 7) is 0. The summed E-state index contributed by atoms with van der Waals surface area (Å²) in [6, 6.07) is 49.2. The minimum absolute atomic E-state index is 0.665. The van der Waals surface area contributed by atoms with Gasteiger partial charge in [0.25, 0.3) is 0 Å². The Hall–Kier alpha value is -5.45. The largest absolute Gasteiger partial charge is 0.208 e. The molecule has 7 aromatic carbocycles. The molecule has 0 spiro atoms. The van der Waals surface area contributed by atoms with E-state index in [0.717, 1.165) is 22.1 Å². The first-order valence-corrected chi connectivity index (χ1v) is 15.2. The molecule has 0 aliphatic rings. The molecule has 4 heteroatoms. The van der Waals surface area contributed by atoms with E-state index in [0.29, 0.717) is 17.5 Å². The topological polar surface area (TPSA) is 38.7 Å². The Kier molecular flexibility index (Phi) is 5.37. The third-order valence-corrected chi connectivity index (χ3v) is 9.46. The van der Waals surface area contributed by atoms with Gasteiger partial charge in [-0.05, 0) is 62.6 Å². The maximum atomic E-state index is 5.19. The Bertz CT molecular complexity index is 2510. The molecule has 0 aliphatic carbocycles. The van der Waals surface area contributed by atoms with Crippen molar-refractivity contribution in [2.45, 2.75) is 0 Å². The molecule has 200 valence electrons. The number of benzene rings is 7. The summed E-state index contributed by atoms with van der Waals surface area (Å²) in [4.78, 5) is 15.4. The van der Waals surface area contributed by atoms with Crippen molar-refractivity contribution in [1.82, 2.24) is 15.0 Å². The van der Waals surface area contributed by atoms with Crippen molar-refractivity contribution >= 4 is 63.8 Å². The summed E-state index contributed by atoms with van der Waals surface area (Å²) in [5, 5.41) is 9.66. The van der Waals surface area contributed by atoms with Crippen molar-refractivity contribution in [1.29, 1.82) is 0 Å². The van der Waals surface area contributed by atoms with Gasteiger partial charge in [-0.2, -0.15) is 0 Å². The van der Waals surface area contributed by atoms with Gasteiger partial charge in [0.05, 0.1) is 0 Å². The number of thiophene rings is 1. The molecule has 0 amide bonds. The smallest absolute Gasteiger partial charge is 0.164 e. The lowest BCUT2D eigenvalue weighted by Gasteiger charge is -2.14. The predicted octanol–water partition coefficient (Wildman–Crippen LogP) is 10.7. The van der Waals surface area contributed by atoms with E-state index in [9.17, 15) is 0 Å². The number of fused-ring (bicyclic) bond motifs is 8. The Morgan fingerprint density at radius 1 is 0.349 bits per heavy atom. The summed E-state index contributed by atoms with van der Waals surface area (Å²) in [5.74, 6) is 2.01. The lowest BCUT2D eigenvalue weighted by atomic mass is 9.93. The van der Waals surface area contributed by atoms with Gasteiger partial charge in [0.2, 0.25) is 0 Å². The second-order valence-electron chi connectivity index (χ2n) is 10.8. The Labute approximate surface area is 251 Å². The van der Waals surface area contributed by atoms with Gasteiger partial charge in [-0.3, -0.25) is 0 Å². The van der Waals surface area contributed by atoms with Gasteiger partial charge in [0, 0.05) is 36.9 Å². The third-order valence-electron chi connectivity index (χ3n) is 8.31. The van der Waals surface area contributed by atoms with Crippen LogP contribution in [0.4, 0.5) is 0 Å². The molecular weight excluding hydrogens is 543 g/mol. The van der Waals surface area contributed by atoms with Gasteiger partial charge in [-0.25, -0.2) is 15.0 Å². The quantitative estimate of drug-likeness (QED) is 0.200.